The first-order valence-corrected chi connectivity index (χ1v) is 12.3. The van der Waals surface area contributed by atoms with Crippen molar-refractivity contribution in [2.75, 3.05) is 0 Å². The van der Waals surface area contributed by atoms with Crippen LogP contribution in [0, 0.1) is 6.92 Å². The maximum Gasteiger partial charge on any atom is 0.0790 e. The molecule has 1 aromatic heterocycles. The lowest BCUT2D eigenvalue weighted by Gasteiger charge is -2.16. The molecule has 1 heteroatoms. The summed E-state index contributed by atoms with van der Waals surface area (Å²) in [6.07, 6.45) is 11.3. The van der Waals surface area contributed by atoms with Gasteiger partial charge in [0.05, 0.1) is 11.0 Å². The van der Waals surface area contributed by atoms with Gasteiger partial charge in [0, 0.05) is 21.9 Å². The summed E-state index contributed by atoms with van der Waals surface area (Å²) in [5.41, 5.74) is 11.3. The summed E-state index contributed by atoms with van der Waals surface area (Å²) in [4.78, 5) is 5.11. The third-order valence-corrected chi connectivity index (χ3v) is 6.54. The summed E-state index contributed by atoms with van der Waals surface area (Å²) >= 11 is 0. The quantitative estimate of drug-likeness (QED) is 0.199. The second-order valence-electron chi connectivity index (χ2n) is 8.77. The predicted molar refractivity (Wildman–Crippen MR) is 155 cm³/mol. The van der Waals surface area contributed by atoms with E-state index in [0.29, 0.717) is 0 Å². The molecule has 0 aliphatic rings. The summed E-state index contributed by atoms with van der Waals surface area (Å²) in [6, 6.07) is 21.6. The molecule has 1 heterocycles. The molecule has 0 saturated heterocycles. The van der Waals surface area contributed by atoms with E-state index in [2.05, 4.69) is 119 Å². The van der Waals surface area contributed by atoms with Gasteiger partial charge in [-0.25, -0.2) is 4.98 Å². The van der Waals surface area contributed by atoms with Gasteiger partial charge in [0.1, 0.15) is 0 Å². The maximum absolute atomic E-state index is 5.11. The van der Waals surface area contributed by atoms with Crippen LogP contribution in [0.1, 0.15) is 43.9 Å². The molecule has 0 fully saturated rings. The zero-order valence-corrected chi connectivity index (χ0v) is 21.2. The van der Waals surface area contributed by atoms with Crippen LogP contribution in [-0.4, -0.2) is 4.98 Å². The predicted octanol–water partition coefficient (Wildman–Crippen LogP) is 9.88. The van der Waals surface area contributed by atoms with E-state index in [4.69, 9.17) is 4.98 Å². The van der Waals surface area contributed by atoms with Gasteiger partial charge in [0.2, 0.25) is 0 Å². The lowest BCUT2D eigenvalue weighted by atomic mass is 9.89. The molecule has 35 heavy (non-hydrogen) atoms. The van der Waals surface area contributed by atoms with Crippen molar-refractivity contribution in [2.45, 2.75) is 34.1 Å². The van der Waals surface area contributed by atoms with Crippen molar-refractivity contribution in [3.05, 3.63) is 126 Å². The Balaban J connectivity index is 2.09. The van der Waals surface area contributed by atoms with Crippen LogP contribution in [0.25, 0.3) is 44.6 Å². The van der Waals surface area contributed by atoms with E-state index in [1.54, 1.807) is 0 Å². The molecule has 0 aliphatic carbocycles. The smallest absolute Gasteiger partial charge is 0.0790 e. The normalized spacial score (nSPS) is 12.6. The van der Waals surface area contributed by atoms with Crippen LogP contribution in [0.3, 0.4) is 0 Å². The molecule has 0 saturated carbocycles. The number of para-hydroxylation sites is 1. The standard InChI is InChI=1S/C34H33N/c1-7-14-28(23(5)9-3)27(10-4)25-16-13-17-26(22-25)33-30-18-11-12-19-32(30)35-34-29(15-8-2)24(6)20-21-31(33)34/h7-8,10-22H,4-5,9H2,1-3,6H3/b14-7-,15-8-,28-27+. The molecule has 0 aliphatic heterocycles. The maximum atomic E-state index is 5.11. The number of aryl methyl sites for hydroxylation is 1. The summed E-state index contributed by atoms with van der Waals surface area (Å²) in [5.74, 6) is 0. The van der Waals surface area contributed by atoms with Crippen molar-refractivity contribution in [3.63, 3.8) is 0 Å². The second-order valence-corrected chi connectivity index (χ2v) is 8.77. The number of benzene rings is 3. The SMILES string of the molecule is C=C/C(=C(/C=C\C)C(=C)CC)c1cccc(-c2c3ccccc3nc3c(/C=C\C)c(C)ccc23)c1. The van der Waals surface area contributed by atoms with Crippen molar-refractivity contribution in [1.29, 1.82) is 0 Å². The Labute approximate surface area is 209 Å². The van der Waals surface area contributed by atoms with Crippen LogP contribution in [-0.2, 0) is 0 Å². The minimum absolute atomic E-state index is 0.892. The van der Waals surface area contributed by atoms with E-state index in [1.807, 2.05) is 13.0 Å². The van der Waals surface area contributed by atoms with Gasteiger partial charge in [-0.1, -0.05) is 99.0 Å². The van der Waals surface area contributed by atoms with Crippen molar-refractivity contribution in [3.8, 4) is 11.1 Å². The highest BCUT2D eigenvalue weighted by molar-refractivity contribution is 6.11. The van der Waals surface area contributed by atoms with Crippen molar-refractivity contribution >= 4 is 33.5 Å². The van der Waals surface area contributed by atoms with Gasteiger partial charge in [-0.2, -0.15) is 0 Å². The molecule has 0 atom stereocenters. The first-order valence-electron chi connectivity index (χ1n) is 12.3. The van der Waals surface area contributed by atoms with E-state index in [0.717, 1.165) is 50.5 Å². The minimum Gasteiger partial charge on any atom is -0.247 e. The van der Waals surface area contributed by atoms with E-state index in [-0.39, 0.29) is 0 Å². The molecule has 4 aromatic rings. The van der Waals surface area contributed by atoms with Crippen LogP contribution < -0.4 is 0 Å². The molecule has 0 spiro atoms. The summed E-state index contributed by atoms with van der Waals surface area (Å²) in [5, 5.41) is 2.32. The third-order valence-electron chi connectivity index (χ3n) is 6.54. The van der Waals surface area contributed by atoms with Gasteiger partial charge >= 0.3 is 0 Å². The van der Waals surface area contributed by atoms with Crippen LogP contribution in [0.15, 0.2) is 109 Å². The Kier molecular flexibility index (Phi) is 7.27. The van der Waals surface area contributed by atoms with Crippen LogP contribution >= 0.6 is 0 Å². The zero-order valence-electron chi connectivity index (χ0n) is 21.2. The monoisotopic (exact) mass is 455 g/mol. The summed E-state index contributed by atoms with van der Waals surface area (Å²) in [6.45, 7) is 16.9. The van der Waals surface area contributed by atoms with Gasteiger partial charge in [0.15, 0.2) is 0 Å². The number of aromatic nitrogens is 1. The molecule has 0 amide bonds. The highest BCUT2D eigenvalue weighted by Crippen LogP contribution is 2.38. The number of fused-ring (bicyclic) bond motifs is 2. The average Bonchev–Trinajstić information content (AvgIpc) is 2.88. The molecule has 1 nitrogen and oxygen atoms in total. The number of rotatable bonds is 7. The average molecular weight is 456 g/mol. The zero-order chi connectivity index (χ0) is 24.9. The fraction of sp³-hybridized carbons (Fsp3) is 0.147. The largest absolute Gasteiger partial charge is 0.247 e. The van der Waals surface area contributed by atoms with Crippen molar-refractivity contribution in [2.24, 2.45) is 0 Å². The Bertz CT molecular complexity index is 1530. The number of nitrogens with zero attached hydrogens (tertiary/aromatic N) is 1. The number of allylic oxidation sites excluding steroid dienone is 7. The van der Waals surface area contributed by atoms with Crippen LogP contribution in [0.5, 0.6) is 0 Å². The topological polar surface area (TPSA) is 12.9 Å². The molecular formula is C34H33N. The van der Waals surface area contributed by atoms with Gasteiger partial charge in [-0.3, -0.25) is 0 Å². The van der Waals surface area contributed by atoms with Crippen molar-refractivity contribution in [1.82, 2.24) is 4.98 Å². The molecule has 0 unspecified atom stereocenters. The number of hydrogen-bond acceptors (Lipinski definition) is 1. The fourth-order valence-corrected chi connectivity index (χ4v) is 4.75. The van der Waals surface area contributed by atoms with E-state index in [1.165, 1.54) is 22.3 Å². The van der Waals surface area contributed by atoms with E-state index >= 15 is 0 Å². The lowest BCUT2D eigenvalue weighted by molar-refractivity contribution is 1.13. The molecule has 4 rings (SSSR count). The van der Waals surface area contributed by atoms with Gasteiger partial charge in [0.25, 0.3) is 0 Å². The van der Waals surface area contributed by atoms with Gasteiger partial charge < -0.3 is 0 Å². The molecule has 0 bridgehead atoms. The summed E-state index contributed by atoms with van der Waals surface area (Å²) < 4.78 is 0. The molecule has 174 valence electrons. The molecular weight excluding hydrogens is 422 g/mol. The Morgan fingerprint density at radius 2 is 1.74 bits per heavy atom. The van der Waals surface area contributed by atoms with Crippen LogP contribution in [0.2, 0.25) is 0 Å². The lowest BCUT2D eigenvalue weighted by Crippen LogP contribution is -1.95. The Morgan fingerprint density at radius 1 is 0.943 bits per heavy atom. The first-order chi connectivity index (χ1) is 17.0. The number of hydrogen-bond donors (Lipinski definition) is 0. The Morgan fingerprint density at radius 3 is 2.46 bits per heavy atom. The van der Waals surface area contributed by atoms with Crippen LogP contribution in [0.4, 0.5) is 0 Å². The minimum atomic E-state index is 0.892. The van der Waals surface area contributed by atoms with E-state index < -0.39 is 0 Å². The fourth-order valence-electron chi connectivity index (χ4n) is 4.75. The first kappa shape index (κ1) is 24.2. The van der Waals surface area contributed by atoms with E-state index in [9.17, 15) is 0 Å². The third kappa shape index (κ3) is 4.55. The second kappa shape index (κ2) is 10.5. The highest BCUT2D eigenvalue weighted by Gasteiger charge is 2.15. The van der Waals surface area contributed by atoms with Gasteiger partial charge in [-0.05, 0) is 72.7 Å². The molecule has 0 N–H and O–H groups in total. The van der Waals surface area contributed by atoms with Gasteiger partial charge in [-0.15, -0.1) is 0 Å². The summed E-state index contributed by atoms with van der Waals surface area (Å²) in [7, 11) is 0. The van der Waals surface area contributed by atoms with Crippen molar-refractivity contribution < 1.29 is 0 Å². The number of pyridine rings is 1. The molecule has 3 aromatic carbocycles. The highest BCUT2D eigenvalue weighted by atomic mass is 14.7. The Hall–Kier alpha value is -3.97. The molecule has 0 radical (unpaired) electrons.